The molecule has 3 fully saturated rings. The van der Waals surface area contributed by atoms with Gasteiger partial charge in [0, 0.05) is 44.0 Å². The normalized spacial score (nSPS) is 24.4. The minimum atomic E-state index is -4.22. The van der Waals surface area contributed by atoms with E-state index in [9.17, 15) is 13.2 Å². The molecule has 2 N–H and O–H groups in total. The number of terminal acetylenes is 1. The van der Waals surface area contributed by atoms with Crippen molar-refractivity contribution in [2.45, 2.75) is 49.2 Å². The number of halogens is 1. The Morgan fingerprint density at radius 1 is 1.34 bits per heavy atom. The van der Waals surface area contributed by atoms with E-state index < -0.39 is 26.3 Å². The number of carbonyl (C=O) groups excluding carboxylic acids is 1. The highest BCUT2D eigenvalue weighted by molar-refractivity contribution is 7.89. The monoisotopic (exact) mass is 504 g/mol. The van der Waals surface area contributed by atoms with Crippen molar-refractivity contribution in [1.82, 2.24) is 24.3 Å². The molecular weight excluding hydrogens is 475 g/mol. The number of hydrogen-bond donors (Lipinski definition) is 2. The van der Waals surface area contributed by atoms with Gasteiger partial charge in [-0.2, -0.15) is 0 Å². The van der Waals surface area contributed by atoms with Crippen LogP contribution in [0.2, 0.25) is 0 Å². The Morgan fingerprint density at radius 3 is 2.71 bits per heavy atom. The highest BCUT2D eigenvalue weighted by atomic mass is 32.2. The molecule has 2 saturated heterocycles. The molecule has 12 heteroatoms. The molecule has 4 heterocycles. The molecule has 35 heavy (non-hydrogen) atoms. The maximum absolute atomic E-state index is 16.1. The lowest BCUT2D eigenvalue weighted by Crippen LogP contribution is -2.55. The van der Waals surface area contributed by atoms with E-state index in [-0.39, 0.29) is 36.0 Å². The van der Waals surface area contributed by atoms with Gasteiger partial charge in [-0.05, 0) is 26.7 Å². The number of rotatable bonds is 5. The van der Waals surface area contributed by atoms with Gasteiger partial charge < -0.3 is 14.5 Å². The summed E-state index contributed by atoms with van der Waals surface area (Å²) in [5.41, 5.74) is -0.226. The summed E-state index contributed by atoms with van der Waals surface area (Å²) < 4.78 is 52.1. The van der Waals surface area contributed by atoms with Crippen LogP contribution in [0, 0.1) is 18.2 Å². The molecule has 0 radical (unpaired) electrons. The average Bonchev–Trinajstić information content (AvgIpc) is 3.39. The van der Waals surface area contributed by atoms with E-state index in [2.05, 4.69) is 20.9 Å². The quantitative estimate of drug-likeness (QED) is 0.574. The lowest BCUT2D eigenvalue weighted by atomic mass is 10.1. The second kappa shape index (κ2) is 8.74. The average molecular weight is 505 g/mol. The van der Waals surface area contributed by atoms with Crippen molar-refractivity contribution in [3.8, 4) is 12.3 Å². The van der Waals surface area contributed by atoms with Gasteiger partial charge in [0.05, 0.1) is 31.0 Å². The number of sulfonamides is 1. The number of nitrogens with one attached hydrogen (secondary N) is 2. The zero-order valence-electron chi connectivity index (χ0n) is 19.8. The summed E-state index contributed by atoms with van der Waals surface area (Å²) in [6, 6.07) is -0.412. The largest absolute Gasteiger partial charge is 0.378 e. The van der Waals surface area contributed by atoms with Crippen molar-refractivity contribution in [2.24, 2.45) is 0 Å². The number of nitrogens with zero attached hydrogens (tertiary/aromatic N) is 4. The second-order valence-corrected chi connectivity index (χ2v) is 11.4. The van der Waals surface area contributed by atoms with Gasteiger partial charge in [0.1, 0.15) is 10.6 Å². The van der Waals surface area contributed by atoms with Gasteiger partial charge in [-0.15, -0.1) is 6.42 Å². The second-order valence-electron chi connectivity index (χ2n) is 9.76. The summed E-state index contributed by atoms with van der Waals surface area (Å²) in [4.78, 5) is 20.4. The number of carbonyl (C=O) groups is 1. The maximum Gasteiger partial charge on any atom is 0.290 e. The molecule has 1 aliphatic carbocycles. The number of fused-ring (bicyclic) bond motifs is 1. The molecule has 2 atom stereocenters. The van der Waals surface area contributed by atoms with Crippen molar-refractivity contribution in [2.75, 3.05) is 44.3 Å². The van der Waals surface area contributed by atoms with Crippen LogP contribution in [0.5, 0.6) is 0 Å². The van der Waals surface area contributed by atoms with Crippen molar-refractivity contribution in [3.05, 3.63) is 24.0 Å². The van der Waals surface area contributed by atoms with Gasteiger partial charge in [-0.3, -0.25) is 14.5 Å². The van der Waals surface area contributed by atoms with Crippen LogP contribution in [0.25, 0.3) is 5.52 Å². The minimum Gasteiger partial charge on any atom is -0.378 e. The van der Waals surface area contributed by atoms with Crippen LogP contribution >= 0.6 is 0 Å². The van der Waals surface area contributed by atoms with Crippen molar-refractivity contribution < 1.29 is 22.3 Å². The summed E-state index contributed by atoms with van der Waals surface area (Å²) in [7, 11) is -4.22. The van der Waals surface area contributed by atoms with Gasteiger partial charge >= 0.3 is 0 Å². The lowest BCUT2D eigenvalue weighted by molar-refractivity contribution is 0.0294. The summed E-state index contributed by atoms with van der Waals surface area (Å²) in [5, 5.41) is 3.26. The smallest absolute Gasteiger partial charge is 0.290 e. The highest BCUT2D eigenvalue weighted by Gasteiger charge is 2.43. The zero-order chi connectivity index (χ0) is 25.0. The predicted molar refractivity (Wildman–Crippen MR) is 127 cm³/mol. The molecule has 1 saturated carbocycles. The van der Waals surface area contributed by atoms with Gasteiger partial charge in [-0.1, -0.05) is 5.92 Å². The molecule has 2 aromatic heterocycles. The molecule has 10 nitrogen and oxygen atoms in total. The Bertz CT molecular complexity index is 1310. The number of morpholine rings is 1. The molecule has 3 aliphatic rings. The highest BCUT2D eigenvalue weighted by Crippen LogP contribution is 2.38. The summed E-state index contributed by atoms with van der Waals surface area (Å²) in [5.74, 6) is 1.42. The molecule has 0 aromatic carbocycles. The number of imidazole rings is 1. The van der Waals surface area contributed by atoms with Crippen LogP contribution in [-0.4, -0.2) is 85.6 Å². The van der Waals surface area contributed by atoms with Gasteiger partial charge in [0.25, 0.3) is 5.91 Å². The summed E-state index contributed by atoms with van der Waals surface area (Å²) >= 11 is 0. The fourth-order valence-electron chi connectivity index (χ4n) is 4.65. The SMILES string of the molecule is C#C[C@H]1CN(c2c(F)c(S(=O)(=O)NC3(C)CC3)cn3c(C(=O)N4CCOCC4)ncc23)C[C@H](C)N1. The molecule has 2 aliphatic heterocycles. The molecule has 0 bridgehead atoms. The molecule has 0 spiro atoms. The third kappa shape index (κ3) is 4.49. The van der Waals surface area contributed by atoms with E-state index in [0.29, 0.717) is 51.2 Å². The summed E-state index contributed by atoms with van der Waals surface area (Å²) in [6.07, 6.45) is 9.56. The van der Waals surface area contributed by atoms with Gasteiger partial charge in [0.2, 0.25) is 15.8 Å². The summed E-state index contributed by atoms with van der Waals surface area (Å²) in [6.45, 7) is 5.98. The number of aromatic nitrogens is 2. The molecular formula is C23H29FN6O4S. The number of piperazine rings is 1. The topological polar surface area (TPSA) is 108 Å². The Balaban J connectivity index is 1.67. The first-order chi connectivity index (χ1) is 16.6. The fraction of sp³-hybridized carbons (Fsp3) is 0.565. The van der Waals surface area contributed by atoms with Crippen LogP contribution in [0.1, 0.15) is 37.3 Å². The fourth-order valence-corrected chi connectivity index (χ4v) is 6.19. The van der Waals surface area contributed by atoms with Crippen LogP contribution < -0.4 is 14.9 Å². The minimum absolute atomic E-state index is 0.0221. The van der Waals surface area contributed by atoms with Gasteiger partial charge in [-0.25, -0.2) is 22.5 Å². The number of hydrogen-bond acceptors (Lipinski definition) is 7. The van der Waals surface area contributed by atoms with E-state index in [0.717, 1.165) is 6.20 Å². The molecule has 2 aromatic rings. The van der Waals surface area contributed by atoms with Crippen molar-refractivity contribution in [3.63, 3.8) is 0 Å². The first kappa shape index (κ1) is 24.0. The van der Waals surface area contributed by atoms with Crippen LogP contribution in [0.15, 0.2) is 17.3 Å². The van der Waals surface area contributed by atoms with E-state index in [1.54, 1.807) is 16.7 Å². The molecule has 0 unspecified atom stereocenters. The number of anilines is 1. The van der Waals surface area contributed by atoms with Crippen LogP contribution in [0.4, 0.5) is 10.1 Å². The van der Waals surface area contributed by atoms with Crippen LogP contribution in [0.3, 0.4) is 0 Å². The Kier molecular flexibility index (Phi) is 5.99. The maximum atomic E-state index is 16.1. The molecule has 5 rings (SSSR count). The van der Waals surface area contributed by atoms with E-state index in [4.69, 9.17) is 11.2 Å². The Labute approximate surface area is 203 Å². The lowest BCUT2D eigenvalue weighted by Gasteiger charge is -2.37. The zero-order valence-corrected chi connectivity index (χ0v) is 20.6. The van der Waals surface area contributed by atoms with Crippen molar-refractivity contribution in [1.29, 1.82) is 0 Å². The number of pyridine rings is 1. The van der Waals surface area contributed by atoms with E-state index in [1.165, 1.54) is 10.6 Å². The Hall–Kier alpha value is -2.72. The first-order valence-electron chi connectivity index (χ1n) is 11.7. The standard InChI is InChI=1S/C23H29FN6O4S/c1-4-16-13-29(12-15(2)26-16)20-17-11-25-21(22(31)28-7-9-34-10-8-28)30(17)14-18(19(20)24)35(32,33)27-23(3)5-6-23/h1,11,14-16,26-27H,5-10,12-13H2,2-3H3/t15-,16-/m0/s1. The first-order valence-corrected chi connectivity index (χ1v) is 13.2. The third-order valence-corrected chi connectivity index (χ3v) is 8.40. The molecule has 188 valence electrons. The third-order valence-electron chi connectivity index (χ3n) is 6.77. The van der Waals surface area contributed by atoms with E-state index in [1.807, 2.05) is 6.92 Å². The number of ether oxygens (including phenoxy) is 1. The molecule has 1 amide bonds. The van der Waals surface area contributed by atoms with Crippen LogP contribution in [-0.2, 0) is 14.8 Å². The van der Waals surface area contributed by atoms with Crippen molar-refractivity contribution >= 4 is 27.1 Å². The Morgan fingerprint density at radius 2 is 2.06 bits per heavy atom. The predicted octanol–water partition coefficient (Wildman–Crippen LogP) is 0.577. The van der Waals surface area contributed by atoms with Gasteiger partial charge in [0.15, 0.2) is 5.82 Å². The number of amides is 1. The van der Waals surface area contributed by atoms with E-state index >= 15 is 4.39 Å².